The minimum absolute atomic E-state index is 0.207. The van der Waals surface area contributed by atoms with Crippen LogP contribution in [0.2, 0.25) is 0 Å². The van der Waals surface area contributed by atoms with Crippen molar-refractivity contribution in [3.05, 3.63) is 40.6 Å². The van der Waals surface area contributed by atoms with Gasteiger partial charge in [-0.15, -0.1) is 11.3 Å². The highest BCUT2D eigenvalue weighted by Crippen LogP contribution is 2.29. The lowest BCUT2D eigenvalue weighted by Crippen LogP contribution is -1.99. The van der Waals surface area contributed by atoms with Crippen LogP contribution >= 0.6 is 11.3 Å². The van der Waals surface area contributed by atoms with E-state index in [0.29, 0.717) is 4.88 Å². The van der Waals surface area contributed by atoms with Gasteiger partial charge in [-0.1, -0.05) is 12.1 Å². The maximum atomic E-state index is 11.5. The summed E-state index contributed by atoms with van der Waals surface area (Å²) in [7, 11) is 1.36. The maximum Gasteiger partial charge on any atom is 0.348 e. The summed E-state index contributed by atoms with van der Waals surface area (Å²) in [4.78, 5) is 12.1. The first-order valence-electron chi connectivity index (χ1n) is 4.67. The van der Waals surface area contributed by atoms with Crippen LogP contribution in [0, 0.1) is 0 Å². The Kier molecular flexibility index (Phi) is 2.92. The van der Waals surface area contributed by atoms with Crippen molar-refractivity contribution in [2.24, 2.45) is 0 Å². The van der Waals surface area contributed by atoms with Gasteiger partial charge in [0.25, 0.3) is 0 Å². The summed E-state index contributed by atoms with van der Waals surface area (Å²) in [5.41, 5.74) is 1.72. The number of carbonyl (C=O) groups is 1. The molecule has 0 aliphatic carbocycles. The number of ether oxygens (including phenoxy) is 1. The third-order valence-corrected chi connectivity index (χ3v) is 3.11. The fourth-order valence-corrected chi connectivity index (χ4v) is 2.26. The Hall–Kier alpha value is -1.81. The second kappa shape index (κ2) is 4.37. The highest BCUT2D eigenvalue weighted by Gasteiger charge is 2.14. The van der Waals surface area contributed by atoms with E-state index in [1.165, 1.54) is 18.4 Å². The quantitative estimate of drug-likeness (QED) is 0.813. The van der Waals surface area contributed by atoms with Gasteiger partial charge in [-0.2, -0.15) is 0 Å². The SMILES string of the molecule is COC(=O)c1sccc1-c1ccc(O)cc1. The Labute approximate surface area is 96.9 Å². The van der Waals surface area contributed by atoms with Gasteiger partial charge >= 0.3 is 5.97 Å². The van der Waals surface area contributed by atoms with Crippen molar-refractivity contribution in [1.82, 2.24) is 0 Å². The largest absolute Gasteiger partial charge is 0.508 e. The molecule has 0 radical (unpaired) electrons. The first-order valence-corrected chi connectivity index (χ1v) is 5.55. The molecule has 0 amide bonds. The molecular weight excluding hydrogens is 224 g/mol. The van der Waals surface area contributed by atoms with Crippen LogP contribution in [0.4, 0.5) is 0 Å². The van der Waals surface area contributed by atoms with E-state index in [1.54, 1.807) is 24.3 Å². The van der Waals surface area contributed by atoms with Gasteiger partial charge in [-0.25, -0.2) is 4.79 Å². The fourth-order valence-electron chi connectivity index (χ4n) is 1.43. The Bertz CT molecular complexity index is 499. The second-order valence-electron chi connectivity index (χ2n) is 3.20. The van der Waals surface area contributed by atoms with Crippen LogP contribution in [0.5, 0.6) is 5.75 Å². The lowest BCUT2D eigenvalue weighted by molar-refractivity contribution is 0.0607. The number of phenolic OH excluding ortho intramolecular Hbond substituents is 1. The number of methoxy groups -OCH3 is 1. The number of thiophene rings is 1. The van der Waals surface area contributed by atoms with Crippen LogP contribution in [-0.4, -0.2) is 18.2 Å². The first kappa shape index (κ1) is 10.7. The highest BCUT2D eigenvalue weighted by molar-refractivity contribution is 7.12. The molecule has 1 aromatic heterocycles. The van der Waals surface area contributed by atoms with E-state index in [1.807, 2.05) is 11.4 Å². The number of hydrogen-bond donors (Lipinski definition) is 1. The minimum atomic E-state index is -0.335. The Balaban J connectivity index is 2.44. The summed E-state index contributed by atoms with van der Waals surface area (Å²) in [5, 5.41) is 11.0. The first-order chi connectivity index (χ1) is 7.72. The van der Waals surface area contributed by atoms with Gasteiger partial charge in [-0.05, 0) is 29.1 Å². The Morgan fingerprint density at radius 3 is 2.56 bits per heavy atom. The lowest BCUT2D eigenvalue weighted by atomic mass is 10.1. The van der Waals surface area contributed by atoms with Crippen LogP contribution in [0.15, 0.2) is 35.7 Å². The highest BCUT2D eigenvalue weighted by atomic mass is 32.1. The molecule has 0 aliphatic heterocycles. The molecule has 1 aromatic carbocycles. The van der Waals surface area contributed by atoms with Crippen molar-refractivity contribution in [2.75, 3.05) is 7.11 Å². The van der Waals surface area contributed by atoms with Crippen LogP contribution in [0.1, 0.15) is 9.67 Å². The fraction of sp³-hybridized carbons (Fsp3) is 0.0833. The topological polar surface area (TPSA) is 46.5 Å². The number of hydrogen-bond acceptors (Lipinski definition) is 4. The van der Waals surface area contributed by atoms with Crippen molar-refractivity contribution in [3.63, 3.8) is 0 Å². The predicted octanol–water partition coefficient (Wildman–Crippen LogP) is 2.91. The van der Waals surface area contributed by atoms with Gasteiger partial charge in [0.15, 0.2) is 0 Å². The summed E-state index contributed by atoms with van der Waals surface area (Å²) in [6.45, 7) is 0. The molecule has 16 heavy (non-hydrogen) atoms. The number of rotatable bonds is 2. The standard InChI is InChI=1S/C12H10O3S/c1-15-12(14)11-10(6-7-16-11)8-2-4-9(13)5-3-8/h2-7,13H,1H3. The zero-order valence-corrected chi connectivity index (χ0v) is 9.45. The van der Waals surface area contributed by atoms with Crippen molar-refractivity contribution >= 4 is 17.3 Å². The molecule has 0 saturated carbocycles. The average molecular weight is 234 g/mol. The van der Waals surface area contributed by atoms with Crippen LogP contribution in [-0.2, 0) is 4.74 Å². The van der Waals surface area contributed by atoms with E-state index in [9.17, 15) is 9.90 Å². The molecular formula is C12H10O3S. The van der Waals surface area contributed by atoms with E-state index in [-0.39, 0.29) is 11.7 Å². The summed E-state index contributed by atoms with van der Waals surface area (Å²) in [5.74, 6) is -0.128. The van der Waals surface area contributed by atoms with Gasteiger partial charge in [0.2, 0.25) is 0 Å². The van der Waals surface area contributed by atoms with Gasteiger partial charge in [0.1, 0.15) is 10.6 Å². The molecule has 1 N–H and O–H groups in total. The van der Waals surface area contributed by atoms with Gasteiger partial charge < -0.3 is 9.84 Å². The Morgan fingerprint density at radius 2 is 1.94 bits per heavy atom. The minimum Gasteiger partial charge on any atom is -0.508 e. The van der Waals surface area contributed by atoms with Crippen molar-refractivity contribution < 1.29 is 14.6 Å². The molecule has 3 nitrogen and oxygen atoms in total. The summed E-state index contributed by atoms with van der Waals surface area (Å²) in [6, 6.07) is 8.58. The normalized spacial score (nSPS) is 10.1. The second-order valence-corrected chi connectivity index (χ2v) is 4.12. The van der Waals surface area contributed by atoms with Crippen molar-refractivity contribution in [2.45, 2.75) is 0 Å². The molecule has 4 heteroatoms. The average Bonchev–Trinajstić information content (AvgIpc) is 2.78. The number of phenols is 1. The monoisotopic (exact) mass is 234 g/mol. The number of benzene rings is 1. The number of aromatic hydroxyl groups is 1. The van der Waals surface area contributed by atoms with Gasteiger partial charge in [-0.3, -0.25) is 0 Å². The molecule has 0 atom stereocenters. The van der Waals surface area contributed by atoms with Crippen molar-refractivity contribution in [1.29, 1.82) is 0 Å². The molecule has 2 rings (SSSR count). The lowest BCUT2D eigenvalue weighted by Gasteiger charge is -2.02. The van der Waals surface area contributed by atoms with E-state index < -0.39 is 0 Å². The molecule has 0 unspecified atom stereocenters. The maximum absolute atomic E-state index is 11.5. The molecule has 1 heterocycles. The third-order valence-electron chi connectivity index (χ3n) is 2.21. The van der Waals surface area contributed by atoms with Crippen LogP contribution in [0.25, 0.3) is 11.1 Å². The summed E-state index contributed by atoms with van der Waals surface area (Å²) >= 11 is 1.34. The smallest absolute Gasteiger partial charge is 0.348 e. The molecule has 0 aliphatic rings. The van der Waals surface area contributed by atoms with Gasteiger partial charge in [0.05, 0.1) is 7.11 Å². The molecule has 0 saturated heterocycles. The molecule has 0 fully saturated rings. The number of carbonyl (C=O) groups excluding carboxylic acids is 1. The predicted molar refractivity (Wildman–Crippen MR) is 62.8 cm³/mol. The van der Waals surface area contributed by atoms with E-state index in [0.717, 1.165) is 11.1 Å². The van der Waals surface area contributed by atoms with E-state index >= 15 is 0 Å². The summed E-state index contributed by atoms with van der Waals surface area (Å²) in [6.07, 6.45) is 0. The van der Waals surface area contributed by atoms with Crippen LogP contribution in [0.3, 0.4) is 0 Å². The molecule has 2 aromatic rings. The Morgan fingerprint density at radius 1 is 1.25 bits per heavy atom. The zero-order valence-electron chi connectivity index (χ0n) is 8.64. The van der Waals surface area contributed by atoms with E-state index in [2.05, 4.69) is 0 Å². The molecule has 0 spiro atoms. The zero-order chi connectivity index (χ0) is 11.5. The van der Waals surface area contributed by atoms with E-state index in [4.69, 9.17) is 4.74 Å². The van der Waals surface area contributed by atoms with Gasteiger partial charge in [0, 0.05) is 5.56 Å². The van der Waals surface area contributed by atoms with Crippen LogP contribution < -0.4 is 0 Å². The molecule has 0 bridgehead atoms. The molecule has 82 valence electrons. The third kappa shape index (κ3) is 1.92. The summed E-state index contributed by atoms with van der Waals surface area (Å²) < 4.78 is 4.70. The number of esters is 1. The van der Waals surface area contributed by atoms with Crippen molar-refractivity contribution in [3.8, 4) is 16.9 Å².